The minimum absolute atomic E-state index is 0.516. The Morgan fingerprint density at radius 2 is 2.00 bits per heavy atom. The number of benzene rings is 1. The van der Waals surface area contributed by atoms with Gasteiger partial charge in [-0.15, -0.1) is 0 Å². The Balaban J connectivity index is 2.51. The van der Waals surface area contributed by atoms with Crippen LogP contribution in [0.2, 0.25) is 0 Å². The third kappa shape index (κ3) is 2.95. The predicted octanol–water partition coefficient (Wildman–Crippen LogP) is 2.95. The predicted molar refractivity (Wildman–Crippen MR) is 47.1 cm³/mol. The molecule has 0 amide bonds. The van der Waals surface area contributed by atoms with E-state index in [0.29, 0.717) is 6.42 Å². The lowest BCUT2D eigenvalue weighted by Gasteiger charge is -2.03. The van der Waals surface area contributed by atoms with Crippen molar-refractivity contribution in [3.05, 3.63) is 30.3 Å². The molecule has 1 nitrogen and oxygen atoms in total. The lowest BCUT2D eigenvalue weighted by Crippen LogP contribution is -1.93. The van der Waals surface area contributed by atoms with Crippen molar-refractivity contribution in [2.45, 2.75) is 23.7 Å². The molecule has 1 atom stereocenters. The van der Waals surface area contributed by atoms with Gasteiger partial charge in [0.15, 0.2) is 0 Å². The monoisotopic (exact) mass is 167 g/mol. The SMILES string of the molecule is CCC([O])Sc1ccccc1. The highest BCUT2D eigenvalue weighted by molar-refractivity contribution is 7.99. The van der Waals surface area contributed by atoms with Crippen molar-refractivity contribution in [2.75, 3.05) is 0 Å². The summed E-state index contributed by atoms with van der Waals surface area (Å²) in [6, 6.07) is 9.78. The van der Waals surface area contributed by atoms with Crippen LogP contribution in [0, 0.1) is 0 Å². The van der Waals surface area contributed by atoms with Gasteiger partial charge in [-0.3, -0.25) is 0 Å². The minimum Gasteiger partial charge on any atom is -0.221 e. The molecule has 1 unspecified atom stereocenters. The van der Waals surface area contributed by atoms with E-state index in [2.05, 4.69) is 0 Å². The summed E-state index contributed by atoms with van der Waals surface area (Å²) < 4.78 is 0. The summed E-state index contributed by atoms with van der Waals surface area (Å²) in [7, 11) is 0. The van der Waals surface area contributed by atoms with Gasteiger partial charge in [0, 0.05) is 4.90 Å². The van der Waals surface area contributed by atoms with Crippen molar-refractivity contribution in [3.8, 4) is 0 Å². The fourth-order valence-corrected chi connectivity index (χ4v) is 1.52. The minimum atomic E-state index is -0.516. The molecular weight excluding hydrogens is 156 g/mol. The first-order valence-electron chi connectivity index (χ1n) is 3.70. The maximum Gasteiger partial charge on any atom is 0.142 e. The molecule has 0 fully saturated rings. The molecule has 0 N–H and O–H groups in total. The largest absolute Gasteiger partial charge is 0.221 e. The maximum absolute atomic E-state index is 11.0. The average Bonchev–Trinajstić information content (AvgIpc) is 2.06. The van der Waals surface area contributed by atoms with Crippen molar-refractivity contribution in [1.82, 2.24) is 0 Å². The normalized spacial score (nSPS) is 12.9. The van der Waals surface area contributed by atoms with E-state index in [1.807, 2.05) is 37.3 Å². The van der Waals surface area contributed by atoms with Gasteiger partial charge in [-0.2, -0.15) is 0 Å². The van der Waals surface area contributed by atoms with Gasteiger partial charge in [0.2, 0.25) is 0 Å². The number of thioether (sulfide) groups is 1. The van der Waals surface area contributed by atoms with E-state index in [-0.39, 0.29) is 0 Å². The molecule has 11 heavy (non-hydrogen) atoms. The lowest BCUT2D eigenvalue weighted by molar-refractivity contribution is 0.162. The van der Waals surface area contributed by atoms with E-state index in [1.165, 1.54) is 11.8 Å². The van der Waals surface area contributed by atoms with Crippen LogP contribution in [0.4, 0.5) is 0 Å². The van der Waals surface area contributed by atoms with Crippen molar-refractivity contribution in [2.24, 2.45) is 0 Å². The van der Waals surface area contributed by atoms with Crippen molar-refractivity contribution in [3.63, 3.8) is 0 Å². The molecule has 59 valence electrons. The second-order valence-corrected chi connectivity index (χ2v) is 3.50. The molecule has 2 heteroatoms. The van der Waals surface area contributed by atoms with Crippen LogP contribution in [0.3, 0.4) is 0 Å². The average molecular weight is 167 g/mol. The third-order valence-corrected chi connectivity index (χ3v) is 2.48. The van der Waals surface area contributed by atoms with Crippen molar-refractivity contribution >= 4 is 11.8 Å². The summed E-state index contributed by atoms with van der Waals surface area (Å²) in [5, 5.41) is 11.0. The molecule has 1 aromatic carbocycles. The zero-order valence-corrected chi connectivity index (χ0v) is 7.30. The Hall–Kier alpha value is -0.470. The van der Waals surface area contributed by atoms with Crippen LogP contribution in [0.15, 0.2) is 35.2 Å². The maximum atomic E-state index is 11.0. The molecule has 0 aliphatic heterocycles. The van der Waals surface area contributed by atoms with Gasteiger partial charge in [0.25, 0.3) is 0 Å². The lowest BCUT2D eigenvalue weighted by atomic mass is 10.4. The third-order valence-electron chi connectivity index (χ3n) is 1.34. The molecule has 1 aromatic rings. The Morgan fingerprint density at radius 3 is 2.55 bits per heavy atom. The van der Waals surface area contributed by atoms with E-state index >= 15 is 0 Å². The van der Waals surface area contributed by atoms with Gasteiger partial charge in [-0.1, -0.05) is 36.9 Å². The second-order valence-electron chi connectivity index (χ2n) is 2.27. The number of hydrogen-bond donors (Lipinski definition) is 0. The fraction of sp³-hybridized carbons (Fsp3) is 0.333. The Kier molecular flexibility index (Phi) is 3.46. The highest BCUT2D eigenvalue weighted by Gasteiger charge is 2.03. The zero-order chi connectivity index (χ0) is 8.10. The zero-order valence-electron chi connectivity index (χ0n) is 6.49. The molecule has 0 bridgehead atoms. The first kappa shape index (κ1) is 8.62. The van der Waals surface area contributed by atoms with Crippen molar-refractivity contribution < 1.29 is 5.11 Å². The second kappa shape index (κ2) is 4.42. The standard InChI is InChI=1S/C9H11OS/c1-2-9(10)11-8-6-4-3-5-7-8/h3-7,9H,2H2,1H3. The first-order valence-corrected chi connectivity index (χ1v) is 4.58. The molecule has 0 aromatic heterocycles. The van der Waals surface area contributed by atoms with Crippen LogP contribution in [0.5, 0.6) is 0 Å². The quantitative estimate of drug-likeness (QED) is 0.500. The molecule has 0 spiro atoms. The number of rotatable bonds is 3. The molecule has 0 saturated carbocycles. The highest BCUT2D eigenvalue weighted by Crippen LogP contribution is 2.22. The van der Waals surface area contributed by atoms with Crippen LogP contribution in [0.25, 0.3) is 0 Å². The smallest absolute Gasteiger partial charge is 0.142 e. The Bertz CT molecular complexity index is 198. The van der Waals surface area contributed by atoms with Gasteiger partial charge in [0.05, 0.1) is 0 Å². The summed E-state index contributed by atoms with van der Waals surface area (Å²) in [6.07, 6.45) is 0.680. The van der Waals surface area contributed by atoms with Gasteiger partial charge < -0.3 is 0 Å². The molecule has 1 radical (unpaired) electrons. The Labute approximate surface area is 71.4 Å². The molecule has 0 heterocycles. The van der Waals surface area contributed by atoms with E-state index in [9.17, 15) is 5.11 Å². The van der Waals surface area contributed by atoms with Gasteiger partial charge in [-0.25, -0.2) is 5.11 Å². The molecular formula is C9H11OS. The van der Waals surface area contributed by atoms with Crippen molar-refractivity contribution in [1.29, 1.82) is 0 Å². The summed E-state index contributed by atoms with van der Waals surface area (Å²) in [5.41, 5.74) is -0.516. The summed E-state index contributed by atoms with van der Waals surface area (Å²) in [6.45, 7) is 1.91. The molecule has 0 aliphatic rings. The highest BCUT2D eigenvalue weighted by atomic mass is 32.2. The van der Waals surface area contributed by atoms with Gasteiger partial charge in [0.1, 0.15) is 5.44 Å². The first-order chi connectivity index (χ1) is 5.33. The van der Waals surface area contributed by atoms with Crippen LogP contribution in [0.1, 0.15) is 13.3 Å². The summed E-state index contributed by atoms with van der Waals surface area (Å²) in [5.74, 6) is 0. The fourth-order valence-electron chi connectivity index (χ4n) is 0.734. The molecule has 0 saturated heterocycles. The van der Waals surface area contributed by atoms with E-state index in [1.54, 1.807) is 0 Å². The topological polar surface area (TPSA) is 19.9 Å². The summed E-state index contributed by atoms with van der Waals surface area (Å²) >= 11 is 1.39. The van der Waals surface area contributed by atoms with Crippen LogP contribution in [-0.4, -0.2) is 5.44 Å². The van der Waals surface area contributed by atoms with E-state index in [0.717, 1.165) is 4.90 Å². The molecule has 1 rings (SSSR count). The van der Waals surface area contributed by atoms with Crippen LogP contribution in [-0.2, 0) is 5.11 Å². The number of hydrogen-bond acceptors (Lipinski definition) is 1. The van der Waals surface area contributed by atoms with E-state index in [4.69, 9.17) is 0 Å². The van der Waals surface area contributed by atoms with Gasteiger partial charge in [-0.05, 0) is 18.6 Å². The Morgan fingerprint density at radius 1 is 1.36 bits per heavy atom. The summed E-state index contributed by atoms with van der Waals surface area (Å²) in [4.78, 5) is 1.06. The van der Waals surface area contributed by atoms with Gasteiger partial charge >= 0.3 is 0 Å². The van der Waals surface area contributed by atoms with Crippen LogP contribution >= 0.6 is 11.8 Å². The van der Waals surface area contributed by atoms with Crippen LogP contribution < -0.4 is 0 Å². The van der Waals surface area contributed by atoms with E-state index < -0.39 is 5.44 Å². The molecule has 0 aliphatic carbocycles.